The van der Waals surface area contributed by atoms with E-state index in [2.05, 4.69) is 9.97 Å². The van der Waals surface area contributed by atoms with E-state index in [0.717, 1.165) is 6.26 Å². The highest BCUT2D eigenvalue weighted by Gasteiger charge is 2.17. The van der Waals surface area contributed by atoms with Crippen molar-refractivity contribution in [3.8, 4) is 0 Å². The highest BCUT2D eigenvalue weighted by molar-refractivity contribution is 7.90. The Kier molecular flexibility index (Phi) is 4.17. The minimum Gasteiger partial charge on any atom is -0.461 e. The third kappa shape index (κ3) is 3.48. The normalized spacial score (nSPS) is 11.2. The molecule has 0 aliphatic rings. The Morgan fingerprint density at radius 3 is 2.47 bits per heavy atom. The van der Waals surface area contributed by atoms with E-state index < -0.39 is 15.8 Å². The Morgan fingerprint density at radius 1 is 1.35 bits per heavy atom. The number of esters is 1. The number of sulfone groups is 1. The van der Waals surface area contributed by atoms with Crippen LogP contribution >= 0.6 is 0 Å². The predicted molar refractivity (Wildman–Crippen MR) is 60.5 cm³/mol. The maximum absolute atomic E-state index is 11.5. The number of hydrogen-bond donors (Lipinski definition) is 0. The molecule has 17 heavy (non-hydrogen) atoms. The smallest absolute Gasteiger partial charge is 0.357 e. The summed E-state index contributed by atoms with van der Waals surface area (Å²) in [4.78, 5) is 19.0. The van der Waals surface area contributed by atoms with Crippen LogP contribution in [0.5, 0.6) is 0 Å². The van der Waals surface area contributed by atoms with Crippen molar-refractivity contribution in [1.29, 1.82) is 0 Å². The fourth-order valence-electron chi connectivity index (χ4n) is 1.13. The van der Waals surface area contributed by atoms with Crippen molar-refractivity contribution >= 4 is 15.8 Å². The highest BCUT2D eigenvalue weighted by Crippen LogP contribution is 2.08. The van der Waals surface area contributed by atoms with Crippen LogP contribution in [0.25, 0.3) is 0 Å². The lowest BCUT2D eigenvalue weighted by Gasteiger charge is -2.05. The first kappa shape index (κ1) is 13.6. The van der Waals surface area contributed by atoms with Crippen molar-refractivity contribution in [3.05, 3.63) is 17.5 Å². The number of carbonyl (C=O) groups is 1. The zero-order valence-electron chi connectivity index (χ0n) is 9.93. The molecule has 0 spiro atoms. The van der Waals surface area contributed by atoms with Crippen molar-refractivity contribution < 1.29 is 17.9 Å². The molecule has 1 aromatic heterocycles. The van der Waals surface area contributed by atoms with E-state index in [-0.39, 0.29) is 17.5 Å². The first-order valence-corrected chi connectivity index (χ1v) is 7.02. The molecule has 1 rings (SSSR count). The fourth-order valence-corrected chi connectivity index (χ4v) is 1.68. The van der Waals surface area contributed by atoms with E-state index in [9.17, 15) is 13.2 Å². The molecular weight excluding hydrogens is 244 g/mol. The second kappa shape index (κ2) is 5.22. The van der Waals surface area contributed by atoms with E-state index in [0.29, 0.717) is 12.1 Å². The summed E-state index contributed by atoms with van der Waals surface area (Å²) in [5, 5.41) is -0.347. The fraction of sp³-hybridized carbons (Fsp3) is 0.500. The molecule has 0 saturated carbocycles. The summed E-state index contributed by atoms with van der Waals surface area (Å²) in [7, 11) is -3.54. The van der Waals surface area contributed by atoms with E-state index in [1.165, 1.54) is 6.07 Å². The first-order chi connectivity index (χ1) is 7.88. The van der Waals surface area contributed by atoms with Gasteiger partial charge in [-0.05, 0) is 19.4 Å². The maximum atomic E-state index is 11.5. The molecule has 0 amide bonds. The van der Waals surface area contributed by atoms with E-state index in [1.807, 2.05) is 6.92 Å². The van der Waals surface area contributed by atoms with Gasteiger partial charge in [-0.2, -0.15) is 0 Å². The van der Waals surface area contributed by atoms with Crippen LogP contribution < -0.4 is 0 Å². The Morgan fingerprint density at radius 2 is 2.00 bits per heavy atom. The lowest BCUT2D eigenvalue weighted by Crippen LogP contribution is -2.13. The Balaban J connectivity index is 3.28. The van der Waals surface area contributed by atoms with Crippen LogP contribution in [0, 0.1) is 0 Å². The van der Waals surface area contributed by atoms with E-state index >= 15 is 0 Å². The van der Waals surface area contributed by atoms with Gasteiger partial charge in [0.25, 0.3) is 0 Å². The van der Waals surface area contributed by atoms with Crippen molar-refractivity contribution in [3.63, 3.8) is 0 Å². The molecule has 0 bridgehead atoms. The van der Waals surface area contributed by atoms with Crippen molar-refractivity contribution in [2.75, 3.05) is 12.9 Å². The van der Waals surface area contributed by atoms with Crippen LogP contribution in [0.4, 0.5) is 0 Å². The Hall–Kier alpha value is -1.50. The van der Waals surface area contributed by atoms with Crippen LogP contribution in [0.2, 0.25) is 0 Å². The summed E-state index contributed by atoms with van der Waals surface area (Å²) < 4.78 is 27.5. The molecule has 0 atom stereocenters. The largest absolute Gasteiger partial charge is 0.461 e. The van der Waals surface area contributed by atoms with Gasteiger partial charge in [0, 0.05) is 11.9 Å². The van der Waals surface area contributed by atoms with Crippen LogP contribution in [-0.4, -0.2) is 37.2 Å². The minimum absolute atomic E-state index is 0.0286. The lowest BCUT2D eigenvalue weighted by molar-refractivity contribution is 0.0518. The molecule has 0 fully saturated rings. The molecule has 0 aliphatic carbocycles. The number of hydrogen-bond acceptors (Lipinski definition) is 6. The van der Waals surface area contributed by atoms with Crippen LogP contribution in [0.3, 0.4) is 0 Å². The van der Waals surface area contributed by atoms with Crippen molar-refractivity contribution in [1.82, 2.24) is 9.97 Å². The number of rotatable bonds is 4. The van der Waals surface area contributed by atoms with Crippen LogP contribution in [0.15, 0.2) is 11.2 Å². The van der Waals surface area contributed by atoms with Gasteiger partial charge in [0.2, 0.25) is 15.0 Å². The number of nitrogens with zero attached hydrogens (tertiary/aromatic N) is 2. The minimum atomic E-state index is -3.54. The van der Waals surface area contributed by atoms with Crippen molar-refractivity contribution in [2.45, 2.75) is 25.4 Å². The summed E-state index contributed by atoms with van der Waals surface area (Å²) in [5.41, 5.74) is 0.461. The van der Waals surface area contributed by atoms with Gasteiger partial charge in [-0.25, -0.2) is 23.2 Å². The zero-order chi connectivity index (χ0) is 13.1. The molecule has 0 unspecified atom stereocenters. The average Bonchev–Trinajstić information content (AvgIpc) is 2.27. The maximum Gasteiger partial charge on any atom is 0.357 e. The molecular formula is C10H14N2O4S. The molecule has 94 valence electrons. The second-order valence-corrected chi connectivity index (χ2v) is 5.28. The molecule has 0 aromatic carbocycles. The number of aryl methyl sites for hydroxylation is 1. The number of aromatic nitrogens is 2. The lowest BCUT2D eigenvalue weighted by atomic mass is 10.3. The first-order valence-electron chi connectivity index (χ1n) is 5.13. The second-order valence-electron chi connectivity index (χ2n) is 3.37. The third-order valence-electron chi connectivity index (χ3n) is 1.94. The summed E-state index contributed by atoms with van der Waals surface area (Å²) in [5.74, 6) is -0.644. The standard InChI is InChI=1S/C10H14N2O4S/c1-4-7-6-8(9(13)16-5-2)12-10(11-7)17(3,14)15/h6H,4-5H2,1-3H3. The Bertz CT molecular complexity index is 525. The summed E-state index contributed by atoms with van der Waals surface area (Å²) in [6.45, 7) is 3.68. The van der Waals surface area contributed by atoms with Gasteiger partial charge in [-0.15, -0.1) is 0 Å². The van der Waals surface area contributed by atoms with E-state index in [4.69, 9.17) is 4.74 Å². The Labute approximate surface area is 100.0 Å². The van der Waals surface area contributed by atoms with Crippen molar-refractivity contribution in [2.24, 2.45) is 0 Å². The van der Waals surface area contributed by atoms with E-state index in [1.54, 1.807) is 6.92 Å². The monoisotopic (exact) mass is 258 g/mol. The molecule has 0 N–H and O–H groups in total. The molecule has 1 heterocycles. The zero-order valence-corrected chi connectivity index (χ0v) is 10.7. The van der Waals surface area contributed by atoms with Gasteiger partial charge in [-0.3, -0.25) is 0 Å². The predicted octanol–water partition coefficient (Wildman–Crippen LogP) is 0.619. The molecule has 0 aliphatic heterocycles. The average molecular weight is 258 g/mol. The molecule has 1 aromatic rings. The van der Waals surface area contributed by atoms with Crippen LogP contribution in [0.1, 0.15) is 30.0 Å². The quantitative estimate of drug-likeness (QED) is 0.581. The number of ether oxygens (including phenoxy) is 1. The van der Waals surface area contributed by atoms with Gasteiger partial charge in [0.15, 0.2) is 5.69 Å². The van der Waals surface area contributed by atoms with Gasteiger partial charge in [0.1, 0.15) is 0 Å². The van der Waals surface area contributed by atoms with Gasteiger partial charge < -0.3 is 4.74 Å². The van der Waals surface area contributed by atoms with Gasteiger partial charge >= 0.3 is 5.97 Å². The third-order valence-corrected chi connectivity index (χ3v) is 2.78. The van der Waals surface area contributed by atoms with Gasteiger partial charge in [-0.1, -0.05) is 6.92 Å². The molecule has 0 saturated heterocycles. The van der Waals surface area contributed by atoms with Gasteiger partial charge in [0.05, 0.1) is 6.61 Å². The summed E-state index contributed by atoms with van der Waals surface area (Å²) >= 11 is 0. The topological polar surface area (TPSA) is 86.2 Å². The molecule has 0 radical (unpaired) electrons. The summed E-state index contributed by atoms with van der Waals surface area (Å²) in [6.07, 6.45) is 1.51. The SMILES string of the molecule is CCOC(=O)c1cc(CC)nc(S(C)(=O)=O)n1. The van der Waals surface area contributed by atoms with Crippen LogP contribution in [-0.2, 0) is 21.0 Å². The summed E-state index contributed by atoms with van der Waals surface area (Å²) in [6, 6.07) is 1.44. The highest BCUT2D eigenvalue weighted by atomic mass is 32.2. The number of carbonyl (C=O) groups excluding carboxylic acids is 1. The molecule has 7 heteroatoms. The molecule has 6 nitrogen and oxygen atoms in total.